The summed E-state index contributed by atoms with van der Waals surface area (Å²) in [6.45, 7) is 0.0301. The zero-order valence-corrected chi connectivity index (χ0v) is 18.9. The Morgan fingerprint density at radius 1 is 1.17 bits per heavy atom. The van der Waals surface area contributed by atoms with Crippen molar-refractivity contribution in [2.45, 2.75) is 36.2 Å². The third kappa shape index (κ3) is 4.75. The molecule has 2 heterocycles. The second-order valence-corrected chi connectivity index (χ2v) is 10.0. The molecule has 0 spiro atoms. The fourth-order valence-electron chi connectivity index (χ4n) is 3.88. The second kappa shape index (κ2) is 9.25. The van der Waals surface area contributed by atoms with Crippen molar-refractivity contribution >= 4 is 39.6 Å². The SMILES string of the molecule is CC(=O)OCC1=C(C(=O)[O-])N2C(=O)[C@H](NC(=O)C(F)(F)F)[C@H]2S(=O)(=O)C1Cc1ccc(C(=O)O)cc1. The van der Waals surface area contributed by atoms with Gasteiger partial charge in [0.05, 0.1) is 22.5 Å². The van der Waals surface area contributed by atoms with Crippen LogP contribution in [0.1, 0.15) is 22.8 Å². The first kappa shape index (κ1) is 26.7. The van der Waals surface area contributed by atoms with Crippen LogP contribution in [0.5, 0.6) is 0 Å². The third-order valence-corrected chi connectivity index (χ3v) is 7.90. The molecule has 2 aliphatic rings. The molecule has 2 aliphatic heterocycles. The van der Waals surface area contributed by atoms with Gasteiger partial charge in [-0.05, 0) is 24.1 Å². The number of hydrogen-bond donors (Lipinski definition) is 2. The zero-order valence-electron chi connectivity index (χ0n) is 18.1. The van der Waals surface area contributed by atoms with Gasteiger partial charge in [0.2, 0.25) is 0 Å². The van der Waals surface area contributed by atoms with Crippen molar-refractivity contribution in [2.75, 3.05) is 6.61 Å². The summed E-state index contributed by atoms with van der Waals surface area (Å²) < 4.78 is 69.8. The van der Waals surface area contributed by atoms with Gasteiger partial charge in [-0.1, -0.05) is 12.1 Å². The number of fused-ring (bicyclic) bond motifs is 1. The summed E-state index contributed by atoms with van der Waals surface area (Å²) in [6.07, 6.45) is -5.99. The van der Waals surface area contributed by atoms with Crippen LogP contribution in [0.2, 0.25) is 0 Å². The molecule has 0 bridgehead atoms. The number of benzene rings is 1. The molecule has 0 aliphatic carbocycles. The molecule has 12 nitrogen and oxygen atoms in total. The number of amides is 2. The molecular formula is C20H16F3N2O10S-. The largest absolute Gasteiger partial charge is 0.543 e. The molecule has 1 fully saturated rings. The van der Waals surface area contributed by atoms with Crippen LogP contribution in [0.3, 0.4) is 0 Å². The number of ether oxygens (including phenoxy) is 1. The summed E-state index contributed by atoms with van der Waals surface area (Å²) >= 11 is 0. The van der Waals surface area contributed by atoms with Crippen molar-refractivity contribution in [3.8, 4) is 0 Å². The number of carboxylic acids is 2. The molecule has 0 radical (unpaired) electrons. The summed E-state index contributed by atoms with van der Waals surface area (Å²) in [4.78, 5) is 58.4. The maximum atomic E-state index is 13.5. The summed E-state index contributed by atoms with van der Waals surface area (Å²) in [7, 11) is -4.76. The quantitative estimate of drug-likeness (QED) is 0.309. The lowest BCUT2D eigenvalue weighted by molar-refractivity contribution is -0.301. The zero-order chi connectivity index (χ0) is 27.2. The van der Waals surface area contributed by atoms with E-state index in [9.17, 15) is 50.7 Å². The molecule has 3 atom stereocenters. The van der Waals surface area contributed by atoms with Crippen molar-refractivity contribution in [1.29, 1.82) is 0 Å². The van der Waals surface area contributed by atoms with Crippen LogP contribution in [-0.2, 0) is 40.2 Å². The van der Waals surface area contributed by atoms with Crippen molar-refractivity contribution in [2.24, 2.45) is 0 Å². The summed E-state index contributed by atoms with van der Waals surface area (Å²) in [5, 5.41) is 18.2. The Labute approximate surface area is 200 Å². The second-order valence-electron chi connectivity index (χ2n) is 7.77. The number of carbonyl (C=O) groups excluding carboxylic acids is 4. The minimum Gasteiger partial charge on any atom is -0.543 e. The number of rotatable bonds is 7. The van der Waals surface area contributed by atoms with E-state index in [2.05, 4.69) is 0 Å². The number of carboxylic acid groups (broad SMARTS) is 2. The van der Waals surface area contributed by atoms with Crippen LogP contribution in [0.15, 0.2) is 35.5 Å². The molecule has 0 saturated carbocycles. The Morgan fingerprint density at radius 2 is 1.75 bits per heavy atom. The maximum absolute atomic E-state index is 13.5. The molecule has 1 saturated heterocycles. The number of β-lactam (4-membered cyclic amide) rings is 1. The number of esters is 1. The number of carbonyl (C=O) groups is 5. The fourth-order valence-corrected chi connectivity index (χ4v) is 6.28. The van der Waals surface area contributed by atoms with Crippen molar-refractivity contribution in [3.63, 3.8) is 0 Å². The van der Waals surface area contributed by atoms with E-state index in [4.69, 9.17) is 9.84 Å². The standard InChI is InChI=1S/C20H17F3N2O10S/c1-8(26)35-7-11-12(6-9-2-4-10(5-3-9)17(28)29)36(33,34)16-13(24-19(32)20(21,22)23)15(27)25(16)14(11)18(30)31/h2-5,12-13,16H,6-7H2,1H3,(H,24,32)(H,28,29)(H,30,31)/p-1/t12?,13-,16+/m0/s1. The number of nitrogens with one attached hydrogen (secondary N) is 1. The van der Waals surface area contributed by atoms with Gasteiger partial charge in [-0.25, -0.2) is 13.2 Å². The molecule has 194 valence electrons. The molecule has 1 aromatic carbocycles. The van der Waals surface area contributed by atoms with E-state index in [1.165, 1.54) is 17.4 Å². The number of nitrogens with zero attached hydrogens (tertiary/aromatic N) is 1. The Balaban J connectivity index is 2.12. The third-order valence-electron chi connectivity index (χ3n) is 5.50. The van der Waals surface area contributed by atoms with Gasteiger partial charge < -0.3 is 25.1 Å². The highest BCUT2D eigenvalue weighted by molar-refractivity contribution is 7.93. The van der Waals surface area contributed by atoms with Gasteiger partial charge in [0.15, 0.2) is 15.2 Å². The lowest BCUT2D eigenvalue weighted by Crippen LogP contribution is -2.77. The van der Waals surface area contributed by atoms with E-state index in [-0.39, 0.29) is 16.0 Å². The summed E-state index contributed by atoms with van der Waals surface area (Å²) in [5.41, 5.74) is -1.59. The monoisotopic (exact) mass is 533 g/mol. The number of aliphatic carboxylic acids is 1. The van der Waals surface area contributed by atoms with Gasteiger partial charge in [0.1, 0.15) is 12.6 Å². The molecule has 16 heteroatoms. The highest BCUT2D eigenvalue weighted by atomic mass is 32.2. The Bertz CT molecular complexity index is 1290. The van der Waals surface area contributed by atoms with E-state index in [1.807, 2.05) is 0 Å². The molecule has 2 amide bonds. The summed E-state index contributed by atoms with van der Waals surface area (Å²) in [5.74, 6) is -8.36. The van der Waals surface area contributed by atoms with Crippen LogP contribution >= 0.6 is 0 Å². The van der Waals surface area contributed by atoms with Crippen molar-refractivity contribution in [1.82, 2.24) is 10.2 Å². The molecule has 3 rings (SSSR count). The number of halogens is 3. The van der Waals surface area contributed by atoms with Crippen LogP contribution < -0.4 is 10.4 Å². The smallest absolute Gasteiger partial charge is 0.471 e. The van der Waals surface area contributed by atoms with E-state index in [0.29, 0.717) is 0 Å². The minimum atomic E-state index is -5.46. The van der Waals surface area contributed by atoms with E-state index < -0.39 is 86.7 Å². The van der Waals surface area contributed by atoms with Gasteiger partial charge in [0, 0.05) is 12.5 Å². The first-order valence-electron chi connectivity index (χ1n) is 9.90. The molecule has 1 unspecified atom stereocenters. The van der Waals surface area contributed by atoms with Gasteiger partial charge in [0.25, 0.3) is 5.91 Å². The average Bonchev–Trinajstić information content (AvgIpc) is 2.76. The Morgan fingerprint density at radius 3 is 2.22 bits per heavy atom. The highest BCUT2D eigenvalue weighted by Crippen LogP contribution is 2.41. The van der Waals surface area contributed by atoms with E-state index in [0.717, 1.165) is 19.1 Å². The van der Waals surface area contributed by atoms with Crippen LogP contribution in [-0.4, -0.2) is 77.6 Å². The number of hydrogen-bond acceptors (Lipinski definition) is 9. The lowest BCUT2D eigenvalue weighted by Gasteiger charge is -2.52. The topological polar surface area (TPSA) is 187 Å². The van der Waals surface area contributed by atoms with Gasteiger partial charge in [-0.3, -0.25) is 19.3 Å². The normalized spacial score (nSPS) is 22.8. The van der Waals surface area contributed by atoms with Crippen molar-refractivity contribution in [3.05, 3.63) is 46.7 Å². The minimum absolute atomic E-state index is 0.151. The predicted octanol–water partition coefficient (Wildman–Crippen LogP) is -1.49. The lowest BCUT2D eigenvalue weighted by atomic mass is 9.97. The van der Waals surface area contributed by atoms with Gasteiger partial charge in [-0.2, -0.15) is 13.2 Å². The Hall–Kier alpha value is -3.95. The van der Waals surface area contributed by atoms with Gasteiger partial charge >= 0.3 is 24.0 Å². The van der Waals surface area contributed by atoms with E-state index >= 15 is 0 Å². The first-order valence-corrected chi connectivity index (χ1v) is 11.5. The highest BCUT2D eigenvalue weighted by Gasteiger charge is 2.63. The fraction of sp³-hybridized carbons (Fsp3) is 0.350. The maximum Gasteiger partial charge on any atom is 0.471 e. The number of sulfone groups is 1. The number of alkyl halides is 3. The predicted molar refractivity (Wildman–Crippen MR) is 107 cm³/mol. The molecule has 1 aromatic rings. The molecular weight excluding hydrogens is 517 g/mol. The van der Waals surface area contributed by atoms with Crippen LogP contribution in [0.25, 0.3) is 0 Å². The van der Waals surface area contributed by atoms with Crippen LogP contribution in [0.4, 0.5) is 13.2 Å². The Kier molecular flexibility index (Phi) is 6.85. The van der Waals surface area contributed by atoms with Crippen LogP contribution in [0, 0.1) is 0 Å². The average molecular weight is 533 g/mol. The number of aromatic carboxylic acids is 1. The van der Waals surface area contributed by atoms with E-state index in [1.54, 1.807) is 0 Å². The molecule has 2 N–H and O–H groups in total. The molecule has 0 aromatic heterocycles. The molecule has 36 heavy (non-hydrogen) atoms. The summed E-state index contributed by atoms with van der Waals surface area (Å²) in [6, 6.07) is 2.47. The first-order chi connectivity index (χ1) is 16.6. The van der Waals surface area contributed by atoms with Crippen molar-refractivity contribution < 1.29 is 60.5 Å². The van der Waals surface area contributed by atoms with Gasteiger partial charge in [-0.15, -0.1) is 0 Å².